The average molecular weight is 422 g/mol. The molecule has 3 nitrogen and oxygen atoms in total. The fourth-order valence-electron chi connectivity index (χ4n) is 1.07. The van der Waals surface area contributed by atoms with Crippen molar-refractivity contribution in [2.24, 2.45) is 0 Å². The van der Waals surface area contributed by atoms with Crippen molar-refractivity contribution in [3.05, 3.63) is 61.7 Å². The smallest absolute Gasteiger partial charge is 0.483 e. The summed E-state index contributed by atoms with van der Waals surface area (Å²) in [7, 11) is 0. The van der Waals surface area contributed by atoms with Crippen LogP contribution in [0.25, 0.3) is 11.3 Å². The fraction of sp³-hybridized carbons (Fsp3) is 0.0714. The molecule has 0 bridgehead atoms. The van der Waals surface area contributed by atoms with E-state index in [1.54, 1.807) is 6.20 Å². The van der Waals surface area contributed by atoms with Crippen LogP contribution in [0.15, 0.2) is 48.7 Å². The van der Waals surface area contributed by atoms with Gasteiger partial charge < -0.3 is 17.0 Å². The van der Waals surface area contributed by atoms with Gasteiger partial charge in [0, 0.05) is 6.20 Å². The number of nitrogens with zero attached hydrogens (tertiary/aromatic N) is 1. The van der Waals surface area contributed by atoms with Crippen LogP contribution in [0.4, 0.5) is 0 Å². The number of aliphatic carboxylic acids is 1. The van der Waals surface area contributed by atoms with Gasteiger partial charge in [-0.1, -0.05) is 18.6 Å². The molecule has 0 atom stereocenters. The quantitative estimate of drug-likeness (QED) is 0.758. The second-order valence-corrected chi connectivity index (χ2v) is 3.13. The molecule has 2 rings (SSSR count). The zero-order valence-corrected chi connectivity index (χ0v) is 11.9. The summed E-state index contributed by atoms with van der Waals surface area (Å²) < 4.78 is 0. The maximum atomic E-state index is 9.31. The Hall–Kier alpha value is -1.47. The molecule has 0 radical (unpaired) electrons. The Labute approximate surface area is 121 Å². The summed E-state index contributed by atoms with van der Waals surface area (Å²) in [6, 6.07) is 16.8. The van der Waals surface area contributed by atoms with Gasteiger partial charge in [-0.05, 0) is 11.8 Å². The number of carbonyl (C=O) groups is 1. The number of aromatic nitrogens is 1. The van der Waals surface area contributed by atoms with Crippen LogP contribution in [0, 0.1) is 13.0 Å². The minimum absolute atomic E-state index is 0. The predicted molar refractivity (Wildman–Crippen MR) is 66.1 cm³/mol. The molecule has 18 heavy (non-hydrogen) atoms. The molecule has 0 aliphatic heterocycles. The summed E-state index contributed by atoms with van der Waals surface area (Å²) in [5.41, 5.74) is 2.01. The summed E-state index contributed by atoms with van der Waals surface area (Å²) >= 11 is 0. The minimum Gasteiger partial charge on any atom is -0.483 e. The third kappa shape index (κ3) is 6.31. The monoisotopic (exact) mass is 422 g/mol. The first-order valence-electron chi connectivity index (χ1n) is 5.13. The summed E-state index contributed by atoms with van der Waals surface area (Å²) in [4.78, 5) is 13.5. The molecule has 1 heterocycles. The SMILES string of the molecule is [CH2-]CC(=O)O.[Pt+2].[c-]1ccccc1-c1ccccn1. The average Bonchev–Trinajstić information content (AvgIpc) is 2.41. The standard InChI is InChI=1S/C11H8N.C3H5O2.Pt/c1-2-6-10(7-3-1)11-8-4-5-9-12-11;1-2-3(4)5;/h1-6,8-9H;1-2H2,(H,4,5);/q2*-1;+2. The molecular weight excluding hydrogens is 409 g/mol. The molecule has 0 amide bonds. The van der Waals surface area contributed by atoms with Gasteiger partial charge in [-0.25, -0.2) is 0 Å². The molecule has 1 aromatic carbocycles. The number of hydrogen-bond donors (Lipinski definition) is 1. The van der Waals surface area contributed by atoms with Crippen LogP contribution in [-0.2, 0) is 25.9 Å². The van der Waals surface area contributed by atoms with Crippen molar-refractivity contribution < 1.29 is 31.0 Å². The van der Waals surface area contributed by atoms with E-state index >= 15 is 0 Å². The van der Waals surface area contributed by atoms with Crippen LogP contribution in [0.1, 0.15) is 6.42 Å². The zero-order chi connectivity index (χ0) is 12.5. The maximum Gasteiger partial charge on any atom is 2.00 e. The molecular formula is C14H13NO2Pt. The van der Waals surface area contributed by atoms with Crippen molar-refractivity contribution in [3.63, 3.8) is 0 Å². The molecule has 0 saturated carbocycles. The second kappa shape index (κ2) is 9.55. The van der Waals surface area contributed by atoms with Gasteiger partial charge >= 0.3 is 21.1 Å². The topological polar surface area (TPSA) is 50.2 Å². The van der Waals surface area contributed by atoms with Crippen LogP contribution in [0.2, 0.25) is 0 Å². The Kier molecular flexibility index (Phi) is 8.77. The summed E-state index contributed by atoms with van der Waals surface area (Å²) in [5.74, 6) is -0.856. The van der Waals surface area contributed by atoms with Gasteiger partial charge in [-0.15, -0.1) is 35.9 Å². The third-order valence-corrected chi connectivity index (χ3v) is 1.86. The Balaban J connectivity index is 0.000000421. The summed E-state index contributed by atoms with van der Waals surface area (Å²) in [6.07, 6.45) is 1.76. The van der Waals surface area contributed by atoms with Gasteiger partial charge in [0.05, 0.1) is 0 Å². The number of rotatable bonds is 2. The van der Waals surface area contributed by atoms with Crippen LogP contribution in [0.5, 0.6) is 0 Å². The molecule has 0 fully saturated rings. The van der Waals surface area contributed by atoms with E-state index < -0.39 is 5.97 Å². The van der Waals surface area contributed by atoms with E-state index in [0.29, 0.717) is 0 Å². The van der Waals surface area contributed by atoms with Gasteiger partial charge in [0.2, 0.25) is 0 Å². The largest absolute Gasteiger partial charge is 2.00 e. The number of hydrogen-bond acceptors (Lipinski definition) is 2. The molecule has 96 valence electrons. The van der Waals surface area contributed by atoms with Gasteiger partial charge in [0.15, 0.2) is 0 Å². The van der Waals surface area contributed by atoms with Gasteiger partial charge in [0.25, 0.3) is 5.97 Å². The molecule has 4 heteroatoms. The minimum atomic E-state index is -0.856. The van der Waals surface area contributed by atoms with E-state index in [0.717, 1.165) is 11.3 Å². The van der Waals surface area contributed by atoms with Crippen LogP contribution >= 0.6 is 0 Å². The van der Waals surface area contributed by atoms with Crippen molar-refractivity contribution in [1.82, 2.24) is 4.98 Å². The van der Waals surface area contributed by atoms with Crippen molar-refractivity contribution in [1.29, 1.82) is 0 Å². The molecule has 1 N–H and O–H groups in total. The first-order chi connectivity index (χ1) is 8.24. The molecule has 0 unspecified atom stereocenters. The fourth-order valence-corrected chi connectivity index (χ4v) is 1.07. The van der Waals surface area contributed by atoms with E-state index in [1.807, 2.05) is 42.5 Å². The number of pyridine rings is 1. The van der Waals surface area contributed by atoms with Crippen LogP contribution < -0.4 is 0 Å². The molecule has 0 saturated heterocycles. The predicted octanol–water partition coefficient (Wildman–Crippen LogP) is 2.84. The van der Waals surface area contributed by atoms with Crippen molar-refractivity contribution >= 4 is 5.97 Å². The van der Waals surface area contributed by atoms with Crippen molar-refractivity contribution in [3.8, 4) is 11.3 Å². The Morgan fingerprint density at radius 1 is 1.28 bits per heavy atom. The van der Waals surface area contributed by atoms with Crippen LogP contribution in [-0.4, -0.2) is 16.1 Å². The first-order valence-corrected chi connectivity index (χ1v) is 5.13. The van der Waals surface area contributed by atoms with E-state index in [1.165, 1.54) is 0 Å². The first kappa shape index (κ1) is 16.5. The van der Waals surface area contributed by atoms with Gasteiger partial charge in [-0.3, -0.25) is 4.79 Å². The summed E-state index contributed by atoms with van der Waals surface area (Å²) in [6.45, 7) is 3.09. The third-order valence-electron chi connectivity index (χ3n) is 1.86. The van der Waals surface area contributed by atoms with Crippen molar-refractivity contribution in [2.75, 3.05) is 0 Å². The number of carboxylic acids is 1. The van der Waals surface area contributed by atoms with E-state index in [-0.39, 0.29) is 27.5 Å². The summed E-state index contributed by atoms with van der Waals surface area (Å²) in [5, 5.41) is 7.66. The Morgan fingerprint density at radius 2 is 1.94 bits per heavy atom. The van der Waals surface area contributed by atoms with Gasteiger partial charge in [-0.2, -0.15) is 0 Å². The zero-order valence-electron chi connectivity index (χ0n) is 9.65. The molecule has 0 aliphatic rings. The van der Waals surface area contributed by atoms with E-state index in [9.17, 15) is 4.79 Å². The number of carboxylic acid groups (broad SMARTS) is 1. The molecule has 2 aromatic rings. The van der Waals surface area contributed by atoms with Gasteiger partial charge in [0.1, 0.15) is 0 Å². The maximum absolute atomic E-state index is 9.31. The van der Waals surface area contributed by atoms with Crippen LogP contribution in [0.3, 0.4) is 0 Å². The van der Waals surface area contributed by atoms with Crippen molar-refractivity contribution in [2.45, 2.75) is 6.42 Å². The molecule has 0 spiro atoms. The normalized spacial score (nSPS) is 8.50. The van der Waals surface area contributed by atoms with E-state index in [4.69, 9.17) is 5.11 Å². The number of benzene rings is 1. The molecule has 1 aromatic heterocycles. The Bertz CT molecular complexity index is 408. The second-order valence-electron chi connectivity index (χ2n) is 3.13. The Morgan fingerprint density at radius 3 is 2.39 bits per heavy atom. The van der Waals surface area contributed by atoms with E-state index in [2.05, 4.69) is 18.0 Å². The molecule has 0 aliphatic carbocycles.